The highest BCUT2D eigenvalue weighted by atomic mass is 35.5. The van der Waals surface area contributed by atoms with Crippen molar-refractivity contribution in [3.05, 3.63) is 29.0 Å². The molecule has 136 valence electrons. The normalized spacial score (nSPS) is 16.0. The van der Waals surface area contributed by atoms with E-state index >= 15 is 0 Å². The van der Waals surface area contributed by atoms with E-state index in [9.17, 15) is 4.79 Å². The highest BCUT2D eigenvalue weighted by molar-refractivity contribution is 6.32. The maximum Gasteiger partial charge on any atom is 0.241 e. The molecule has 0 bridgehead atoms. The molecule has 1 fully saturated rings. The molecule has 0 saturated heterocycles. The number of amides is 1. The highest BCUT2D eigenvalue weighted by Gasteiger charge is 2.30. The molecule has 9 heteroatoms. The molecule has 2 aromatic rings. The molecule has 1 amide bonds. The van der Waals surface area contributed by atoms with Gasteiger partial charge in [-0.15, -0.1) is 17.5 Å². The van der Waals surface area contributed by atoms with Gasteiger partial charge in [-0.25, -0.2) is 0 Å². The lowest BCUT2D eigenvalue weighted by Crippen LogP contribution is -2.40. The molecule has 0 radical (unpaired) electrons. The van der Waals surface area contributed by atoms with E-state index in [2.05, 4.69) is 20.8 Å². The molecule has 2 atom stereocenters. The van der Waals surface area contributed by atoms with Gasteiger partial charge >= 0.3 is 0 Å². The van der Waals surface area contributed by atoms with E-state index in [-0.39, 0.29) is 24.2 Å². The number of nitrogens with one attached hydrogen (secondary N) is 1. The van der Waals surface area contributed by atoms with Crippen LogP contribution in [0.3, 0.4) is 0 Å². The third-order valence-electron chi connectivity index (χ3n) is 4.44. The SMILES string of the molecule is CCC(C)C(N)C(=O)Nc1ccc(Cl)c(-n2nnnc2C2CC2)c1.Cl. The molecule has 1 aromatic carbocycles. The quantitative estimate of drug-likeness (QED) is 0.797. The molecule has 1 saturated carbocycles. The van der Waals surface area contributed by atoms with Crippen LogP contribution in [0.5, 0.6) is 0 Å². The van der Waals surface area contributed by atoms with Crippen LogP contribution in [0.2, 0.25) is 5.02 Å². The lowest BCUT2D eigenvalue weighted by molar-refractivity contribution is -0.118. The predicted octanol–water partition coefficient (Wildman–Crippen LogP) is 2.93. The molecule has 1 heterocycles. The van der Waals surface area contributed by atoms with Gasteiger partial charge in [-0.1, -0.05) is 31.9 Å². The molecule has 25 heavy (non-hydrogen) atoms. The van der Waals surface area contributed by atoms with E-state index in [4.69, 9.17) is 17.3 Å². The summed E-state index contributed by atoms with van der Waals surface area (Å²) in [5, 5.41) is 15.2. The van der Waals surface area contributed by atoms with E-state index < -0.39 is 6.04 Å². The first-order valence-corrected chi connectivity index (χ1v) is 8.53. The first-order chi connectivity index (χ1) is 11.5. The van der Waals surface area contributed by atoms with Gasteiger partial charge < -0.3 is 11.1 Å². The number of aromatic nitrogens is 4. The first-order valence-electron chi connectivity index (χ1n) is 8.16. The predicted molar refractivity (Wildman–Crippen MR) is 99.4 cm³/mol. The lowest BCUT2D eigenvalue weighted by Gasteiger charge is -2.18. The average Bonchev–Trinajstić information content (AvgIpc) is 3.32. The molecule has 0 aliphatic heterocycles. The number of tetrazole rings is 1. The number of carbonyl (C=O) groups is 1. The summed E-state index contributed by atoms with van der Waals surface area (Å²) in [4.78, 5) is 12.3. The van der Waals surface area contributed by atoms with Crippen LogP contribution in [0.4, 0.5) is 5.69 Å². The molecule has 1 aromatic heterocycles. The van der Waals surface area contributed by atoms with Gasteiger partial charge in [0.2, 0.25) is 5.91 Å². The van der Waals surface area contributed by atoms with Crippen LogP contribution in [0.1, 0.15) is 44.9 Å². The van der Waals surface area contributed by atoms with Crippen molar-refractivity contribution in [3.63, 3.8) is 0 Å². The molecule has 0 spiro atoms. The standard InChI is InChI=1S/C16H21ClN6O.ClH/c1-3-9(2)14(18)16(24)19-11-6-7-12(17)13(8-11)23-15(10-4-5-10)20-21-22-23;/h6-10,14H,3-5,18H2,1-2H3,(H,19,24);1H. The largest absolute Gasteiger partial charge is 0.325 e. The van der Waals surface area contributed by atoms with Gasteiger partial charge in [0, 0.05) is 11.6 Å². The maximum absolute atomic E-state index is 12.3. The van der Waals surface area contributed by atoms with Gasteiger partial charge in [-0.3, -0.25) is 4.79 Å². The number of hydrogen-bond acceptors (Lipinski definition) is 5. The van der Waals surface area contributed by atoms with Crippen molar-refractivity contribution in [1.82, 2.24) is 20.2 Å². The molecule has 1 aliphatic rings. The Hall–Kier alpha value is -1.70. The minimum atomic E-state index is -0.552. The maximum atomic E-state index is 12.3. The van der Waals surface area contributed by atoms with Crippen LogP contribution in [0, 0.1) is 5.92 Å². The number of anilines is 1. The Morgan fingerprint density at radius 2 is 2.20 bits per heavy atom. The van der Waals surface area contributed by atoms with Gasteiger partial charge in [0.1, 0.15) is 0 Å². The smallest absolute Gasteiger partial charge is 0.241 e. The minimum absolute atomic E-state index is 0. The van der Waals surface area contributed by atoms with Crippen LogP contribution < -0.4 is 11.1 Å². The van der Waals surface area contributed by atoms with E-state index in [1.54, 1.807) is 22.9 Å². The molecule has 7 nitrogen and oxygen atoms in total. The van der Waals surface area contributed by atoms with E-state index in [1.165, 1.54) is 0 Å². The van der Waals surface area contributed by atoms with Crippen molar-refractivity contribution < 1.29 is 4.79 Å². The number of halogens is 2. The fraction of sp³-hybridized carbons (Fsp3) is 0.500. The average molecular weight is 385 g/mol. The van der Waals surface area contributed by atoms with Crippen molar-refractivity contribution in [2.45, 2.75) is 45.1 Å². The Kier molecular flexibility index (Phi) is 6.37. The summed E-state index contributed by atoms with van der Waals surface area (Å²) >= 11 is 6.30. The summed E-state index contributed by atoms with van der Waals surface area (Å²) in [5.41, 5.74) is 7.25. The van der Waals surface area contributed by atoms with Crippen LogP contribution in [0.25, 0.3) is 5.69 Å². The van der Waals surface area contributed by atoms with E-state index in [0.717, 1.165) is 25.1 Å². The molecule has 2 unspecified atom stereocenters. The fourth-order valence-electron chi connectivity index (χ4n) is 2.45. The number of carbonyl (C=O) groups excluding carboxylic acids is 1. The summed E-state index contributed by atoms with van der Waals surface area (Å²) in [6, 6.07) is 4.68. The fourth-order valence-corrected chi connectivity index (χ4v) is 2.65. The Bertz CT molecular complexity index is 746. The summed E-state index contributed by atoms with van der Waals surface area (Å²) in [7, 11) is 0. The first kappa shape index (κ1) is 19.6. The molecule has 3 N–H and O–H groups in total. The number of hydrogen-bond donors (Lipinski definition) is 2. The van der Waals surface area contributed by atoms with Gasteiger partial charge in [0.15, 0.2) is 5.82 Å². The third-order valence-corrected chi connectivity index (χ3v) is 4.76. The second kappa shape index (κ2) is 8.12. The van der Waals surface area contributed by atoms with Crippen molar-refractivity contribution in [3.8, 4) is 5.69 Å². The summed E-state index contributed by atoms with van der Waals surface area (Å²) < 4.78 is 1.64. The number of nitrogens with two attached hydrogens (primary N) is 1. The number of nitrogens with zero attached hydrogens (tertiary/aromatic N) is 4. The van der Waals surface area contributed by atoms with Crippen molar-refractivity contribution in [1.29, 1.82) is 0 Å². The molecular formula is C16H22Cl2N6O. The Labute approximate surface area is 157 Å². The topological polar surface area (TPSA) is 98.7 Å². The Balaban J connectivity index is 0.00000225. The Morgan fingerprint density at radius 3 is 2.84 bits per heavy atom. The molecule has 1 aliphatic carbocycles. The molecule has 3 rings (SSSR count). The molecular weight excluding hydrogens is 363 g/mol. The van der Waals surface area contributed by atoms with Crippen LogP contribution in [0.15, 0.2) is 18.2 Å². The van der Waals surface area contributed by atoms with E-state index in [1.807, 2.05) is 13.8 Å². The lowest BCUT2D eigenvalue weighted by atomic mass is 9.99. The van der Waals surface area contributed by atoms with Crippen molar-refractivity contribution in [2.24, 2.45) is 11.7 Å². The van der Waals surface area contributed by atoms with Crippen LogP contribution in [-0.2, 0) is 4.79 Å². The summed E-state index contributed by atoms with van der Waals surface area (Å²) in [6.45, 7) is 3.97. The van der Waals surface area contributed by atoms with Crippen LogP contribution in [-0.4, -0.2) is 32.2 Å². The zero-order valence-electron chi connectivity index (χ0n) is 14.1. The third kappa shape index (κ3) is 4.29. The number of benzene rings is 1. The second-order valence-corrected chi connectivity index (χ2v) is 6.70. The minimum Gasteiger partial charge on any atom is -0.325 e. The number of rotatable bonds is 6. The highest BCUT2D eigenvalue weighted by Crippen LogP contribution is 2.39. The summed E-state index contributed by atoms with van der Waals surface area (Å²) in [6.07, 6.45) is 3.01. The summed E-state index contributed by atoms with van der Waals surface area (Å²) in [5.74, 6) is 1.08. The van der Waals surface area contributed by atoms with Gasteiger partial charge in [-0.05, 0) is 47.4 Å². The zero-order chi connectivity index (χ0) is 17.3. The van der Waals surface area contributed by atoms with Crippen molar-refractivity contribution in [2.75, 3.05) is 5.32 Å². The zero-order valence-corrected chi connectivity index (χ0v) is 15.7. The Morgan fingerprint density at radius 1 is 1.48 bits per heavy atom. The van der Waals surface area contributed by atoms with Crippen molar-refractivity contribution >= 4 is 35.6 Å². The van der Waals surface area contributed by atoms with Gasteiger partial charge in [-0.2, -0.15) is 4.68 Å². The van der Waals surface area contributed by atoms with E-state index in [0.29, 0.717) is 22.3 Å². The van der Waals surface area contributed by atoms with Gasteiger partial charge in [0.25, 0.3) is 0 Å². The second-order valence-electron chi connectivity index (χ2n) is 6.29. The van der Waals surface area contributed by atoms with Gasteiger partial charge in [0.05, 0.1) is 16.8 Å². The van der Waals surface area contributed by atoms with Crippen LogP contribution >= 0.6 is 24.0 Å². The monoisotopic (exact) mass is 384 g/mol.